The molecule has 0 spiro atoms. The minimum absolute atomic E-state index is 0.0582. The van der Waals surface area contributed by atoms with Crippen LogP contribution in [0.3, 0.4) is 0 Å². The number of carbonyl (C=O) groups excluding carboxylic acids is 1. The van der Waals surface area contributed by atoms with Gasteiger partial charge in [0.05, 0.1) is 5.02 Å². The van der Waals surface area contributed by atoms with Crippen molar-refractivity contribution in [2.24, 2.45) is 5.92 Å². The number of carbonyl (C=O) groups is 1. The van der Waals surface area contributed by atoms with E-state index in [9.17, 15) is 9.18 Å². The SMILES string of the molecule is O=C1NCCCCC1Cc1cccc(F)c1Cl. The predicted octanol–water partition coefficient (Wildman–Crippen LogP) is 2.94. The minimum atomic E-state index is -0.418. The fourth-order valence-electron chi connectivity index (χ4n) is 2.17. The highest BCUT2D eigenvalue weighted by molar-refractivity contribution is 6.31. The van der Waals surface area contributed by atoms with E-state index < -0.39 is 5.82 Å². The van der Waals surface area contributed by atoms with Crippen LogP contribution in [0.15, 0.2) is 18.2 Å². The summed E-state index contributed by atoms with van der Waals surface area (Å²) in [6.07, 6.45) is 3.40. The monoisotopic (exact) mass is 255 g/mol. The van der Waals surface area contributed by atoms with Gasteiger partial charge in [0.1, 0.15) is 5.82 Å². The molecule has 1 aromatic carbocycles. The zero-order valence-electron chi connectivity index (χ0n) is 9.51. The summed E-state index contributed by atoms with van der Waals surface area (Å²) in [5, 5.41) is 3.02. The normalized spacial score (nSPS) is 20.8. The van der Waals surface area contributed by atoms with Gasteiger partial charge < -0.3 is 5.32 Å². The van der Waals surface area contributed by atoms with E-state index in [2.05, 4.69) is 5.32 Å². The third kappa shape index (κ3) is 2.97. The predicted molar refractivity (Wildman–Crippen MR) is 65.5 cm³/mol. The lowest BCUT2D eigenvalue weighted by Gasteiger charge is -2.14. The van der Waals surface area contributed by atoms with Gasteiger partial charge in [-0.25, -0.2) is 4.39 Å². The molecular formula is C13H15ClFNO. The molecule has 0 aliphatic carbocycles. The second kappa shape index (κ2) is 5.50. The van der Waals surface area contributed by atoms with Gasteiger partial charge >= 0.3 is 0 Å². The average molecular weight is 256 g/mol. The van der Waals surface area contributed by atoms with Crippen molar-refractivity contribution in [2.45, 2.75) is 25.7 Å². The lowest BCUT2D eigenvalue weighted by atomic mass is 9.94. The van der Waals surface area contributed by atoms with E-state index in [0.717, 1.165) is 25.8 Å². The molecule has 1 aliphatic rings. The van der Waals surface area contributed by atoms with Gasteiger partial charge in [-0.15, -0.1) is 0 Å². The van der Waals surface area contributed by atoms with E-state index in [1.165, 1.54) is 6.07 Å². The zero-order valence-corrected chi connectivity index (χ0v) is 10.3. The maximum Gasteiger partial charge on any atom is 0.223 e. The van der Waals surface area contributed by atoms with Crippen LogP contribution in [0.1, 0.15) is 24.8 Å². The summed E-state index contributed by atoms with van der Waals surface area (Å²) in [7, 11) is 0. The van der Waals surface area contributed by atoms with Crippen LogP contribution in [0.2, 0.25) is 5.02 Å². The van der Waals surface area contributed by atoms with Gasteiger partial charge in [0.2, 0.25) is 5.91 Å². The maximum atomic E-state index is 13.3. The summed E-state index contributed by atoms with van der Waals surface area (Å²) in [5.41, 5.74) is 0.716. The second-order valence-electron chi connectivity index (χ2n) is 4.40. The number of hydrogen-bond donors (Lipinski definition) is 1. The van der Waals surface area contributed by atoms with Crippen molar-refractivity contribution >= 4 is 17.5 Å². The Morgan fingerprint density at radius 2 is 2.24 bits per heavy atom. The summed E-state index contributed by atoms with van der Waals surface area (Å²) < 4.78 is 13.3. The van der Waals surface area contributed by atoms with E-state index in [0.29, 0.717) is 12.0 Å². The summed E-state index contributed by atoms with van der Waals surface area (Å²) >= 11 is 5.89. The molecule has 0 saturated carbocycles. The Morgan fingerprint density at radius 3 is 3.06 bits per heavy atom. The first-order valence-electron chi connectivity index (χ1n) is 5.89. The summed E-state index contributed by atoms with van der Waals surface area (Å²) in [6, 6.07) is 4.74. The molecule has 0 aromatic heterocycles. The summed E-state index contributed by atoms with van der Waals surface area (Å²) in [6.45, 7) is 0.742. The van der Waals surface area contributed by atoms with Crippen molar-refractivity contribution in [3.63, 3.8) is 0 Å². The molecule has 4 heteroatoms. The fraction of sp³-hybridized carbons (Fsp3) is 0.462. The van der Waals surface area contributed by atoms with Gasteiger partial charge in [-0.05, 0) is 30.9 Å². The Balaban J connectivity index is 2.13. The third-order valence-corrected chi connectivity index (χ3v) is 3.57. The molecule has 17 heavy (non-hydrogen) atoms. The molecule has 2 rings (SSSR count). The molecule has 1 fully saturated rings. The number of hydrogen-bond acceptors (Lipinski definition) is 1. The molecule has 1 unspecified atom stereocenters. The smallest absolute Gasteiger partial charge is 0.223 e. The molecule has 1 heterocycles. The topological polar surface area (TPSA) is 29.1 Å². The van der Waals surface area contributed by atoms with E-state index in [-0.39, 0.29) is 16.8 Å². The van der Waals surface area contributed by atoms with Gasteiger partial charge in [-0.1, -0.05) is 30.2 Å². The Labute approximate surface area is 105 Å². The first kappa shape index (κ1) is 12.4. The van der Waals surface area contributed by atoms with E-state index in [1.54, 1.807) is 12.1 Å². The van der Waals surface area contributed by atoms with Crippen LogP contribution in [-0.2, 0) is 11.2 Å². The van der Waals surface area contributed by atoms with Gasteiger partial charge in [0.25, 0.3) is 0 Å². The van der Waals surface area contributed by atoms with Crippen LogP contribution in [0, 0.1) is 11.7 Å². The first-order valence-corrected chi connectivity index (χ1v) is 6.27. The molecule has 1 amide bonds. The quantitative estimate of drug-likeness (QED) is 0.865. The van der Waals surface area contributed by atoms with Crippen molar-refractivity contribution < 1.29 is 9.18 Å². The Kier molecular flexibility index (Phi) is 4.00. The molecule has 1 atom stereocenters. The second-order valence-corrected chi connectivity index (χ2v) is 4.78. The molecule has 0 radical (unpaired) electrons. The van der Waals surface area contributed by atoms with Gasteiger partial charge in [-0.2, -0.15) is 0 Å². The first-order chi connectivity index (χ1) is 8.18. The molecular weight excluding hydrogens is 241 g/mol. The van der Waals surface area contributed by atoms with Crippen LogP contribution in [0.25, 0.3) is 0 Å². The van der Waals surface area contributed by atoms with Crippen molar-refractivity contribution in [1.82, 2.24) is 5.32 Å². The average Bonchev–Trinajstić information content (AvgIpc) is 2.51. The Bertz CT molecular complexity index is 422. The van der Waals surface area contributed by atoms with Gasteiger partial charge in [0.15, 0.2) is 0 Å². The van der Waals surface area contributed by atoms with Crippen LogP contribution >= 0.6 is 11.6 Å². The number of nitrogens with one attached hydrogen (secondary N) is 1. The standard InChI is InChI=1S/C13H15ClFNO/c14-12-9(5-3-6-11(12)15)8-10-4-1-2-7-16-13(10)17/h3,5-6,10H,1-2,4,7-8H2,(H,16,17). The fourth-order valence-corrected chi connectivity index (χ4v) is 2.37. The van der Waals surface area contributed by atoms with Crippen molar-refractivity contribution in [3.05, 3.63) is 34.6 Å². The third-order valence-electron chi connectivity index (χ3n) is 3.15. The van der Waals surface area contributed by atoms with Crippen LogP contribution in [0.5, 0.6) is 0 Å². The molecule has 2 nitrogen and oxygen atoms in total. The largest absolute Gasteiger partial charge is 0.356 e. The van der Waals surface area contributed by atoms with E-state index in [4.69, 9.17) is 11.6 Å². The summed E-state index contributed by atoms with van der Waals surface area (Å²) in [4.78, 5) is 11.8. The maximum absolute atomic E-state index is 13.3. The van der Waals surface area contributed by atoms with E-state index in [1.807, 2.05) is 0 Å². The Morgan fingerprint density at radius 1 is 1.41 bits per heavy atom. The highest BCUT2D eigenvalue weighted by Gasteiger charge is 2.22. The molecule has 0 bridgehead atoms. The van der Waals surface area contributed by atoms with Crippen molar-refractivity contribution in [1.29, 1.82) is 0 Å². The van der Waals surface area contributed by atoms with Crippen molar-refractivity contribution in [2.75, 3.05) is 6.54 Å². The molecule has 1 N–H and O–H groups in total. The van der Waals surface area contributed by atoms with Crippen LogP contribution < -0.4 is 5.32 Å². The van der Waals surface area contributed by atoms with E-state index >= 15 is 0 Å². The van der Waals surface area contributed by atoms with Crippen LogP contribution in [0.4, 0.5) is 4.39 Å². The molecule has 1 aromatic rings. The van der Waals surface area contributed by atoms with Crippen molar-refractivity contribution in [3.8, 4) is 0 Å². The number of rotatable bonds is 2. The molecule has 1 aliphatic heterocycles. The van der Waals surface area contributed by atoms with Gasteiger partial charge in [0, 0.05) is 12.5 Å². The number of benzene rings is 1. The Hall–Kier alpha value is -1.09. The van der Waals surface area contributed by atoms with Crippen LogP contribution in [-0.4, -0.2) is 12.5 Å². The zero-order chi connectivity index (χ0) is 12.3. The summed E-state index contributed by atoms with van der Waals surface area (Å²) in [5.74, 6) is -0.446. The minimum Gasteiger partial charge on any atom is -0.356 e. The van der Waals surface area contributed by atoms with Gasteiger partial charge in [-0.3, -0.25) is 4.79 Å². The molecule has 1 saturated heterocycles. The lowest BCUT2D eigenvalue weighted by molar-refractivity contribution is -0.124. The number of amides is 1. The highest BCUT2D eigenvalue weighted by atomic mass is 35.5. The lowest BCUT2D eigenvalue weighted by Crippen LogP contribution is -2.30. The highest BCUT2D eigenvalue weighted by Crippen LogP contribution is 2.25. The number of halogens is 2. The molecule has 92 valence electrons.